The number of rotatable bonds is 4. The zero-order valence-corrected chi connectivity index (χ0v) is 23.2. The van der Waals surface area contributed by atoms with Gasteiger partial charge in [-0.1, -0.05) is 35.6 Å². The highest BCUT2D eigenvalue weighted by molar-refractivity contribution is 7.92. The summed E-state index contributed by atoms with van der Waals surface area (Å²) in [5, 5.41) is 0.995. The van der Waals surface area contributed by atoms with Crippen LogP contribution in [0.1, 0.15) is 33.5 Å². The van der Waals surface area contributed by atoms with Crippen molar-refractivity contribution in [2.45, 2.75) is 31.6 Å². The highest BCUT2D eigenvalue weighted by Crippen LogP contribution is 2.33. The van der Waals surface area contributed by atoms with E-state index in [0.29, 0.717) is 38.3 Å². The Labute approximate surface area is 227 Å². The summed E-state index contributed by atoms with van der Waals surface area (Å²) in [7, 11) is -3.70. The van der Waals surface area contributed by atoms with Gasteiger partial charge < -0.3 is 9.80 Å². The fourth-order valence-electron chi connectivity index (χ4n) is 5.42. The SMILES string of the molecule is Cc1cc(C)c2nc(N3CCN(C(=O)c4ccc(S(=O)(=O)N5CCCc6ccccc65)cc4)CC3)sc2c1. The van der Waals surface area contributed by atoms with Gasteiger partial charge in [-0.15, -0.1) is 0 Å². The number of carbonyl (C=O) groups excluding carboxylic acids is 1. The van der Waals surface area contributed by atoms with E-state index in [1.54, 1.807) is 35.6 Å². The molecule has 7 nitrogen and oxygen atoms in total. The minimum Gasteiger partial charge on any atom is -0.345 e. The van der Waals surface area contributed by atoms with Crippen molar-refractivity contribution in [1.29, 1.82) is 0 Å². The van der Waals surface area contributed by atoms with E-state index in [-0.39, 0.29) is 10.8 Å². The highest BCUT2D eigenvalue weighted by atomic mass is 32.2. The number of piperazine rings is 1. The zero-order valence-electron chi connectivity index (χ0n) is 21.6. The van der Waals surface area contributed by atoms with Gasteiger partial charge in [-0.05, 0) is 79.8 Å². The lowest BCUT2D eigenvalue weighted by Crippen LogP contribution is -2.48. The second-order valence-electron chi connectivity index (χ2n) is 10.0. The molecule has 2 aliphatic heterocycles. The number of carbonyl (C=O) groups is 1. The van der Waals surface area contributed by atoms with E-state index < -0.39 is 10.0 Å². The quantitative estimate of drug-likeness (QED) is 0.360. The molecule has 0 spiro atoms. The predicted octanol–water partition coefficient (Wildman–Crippen LogP) is 5.02. The number of benzene rings is 3. The summed E-state index contributed by atoms with van der Waals surface area (Å²) < 4.78 is 29.5. The number of anilines is 2. The molecule has 0 bridgehead atoms. The molecule has 1 aromatic heterocycles. The molecule has 0 unspecified atom stereocenters. The van der Waals surface area contributed by atoms with E-state index in [9.17, 15) is 13.2 Å². The number of amides is 1. The van der Waals surface area contributed by atoms with Crippen LogP contribution in [0.15, 0.2) is 65.6 Å². The lowest BCUT2D eigenvalue weighted by molar-refractivity contribution is 0.0746. The van der Waals surface area contributed by atoms with E-state index in [2.05, 4.69) is 30.9 Å². The molecule has 0 aliphatic carbocycles. The zero-order chi connectivity index (χ0) is 26.4. The van der Waals surface area contributed by atoms with E-state index >= 15 is 0 Å². The molecule has 0 atom stereocenters. The monoisotopic (exact) mass is 546 g/mol. The van der Waals surface area contributed by atoms with Crippen molar-refractivity contribution in [3.05, 3.63) is 82.9 Å². The number of aryl methyl sites for hydroxylation is 3. The molecule has 3 heterocycles. The molecule has 1 amide bonds. The topological polar surface area (TPSA) is 73.8 Å². The van der Waals surface area contributed by atoms with Crippen molar-refractivity contribution in [2.24, 2.45) is 0 Å². The van der Waals surface area contributed by atoms with Gasteiger partial charge in [-0.2, -0.15) is 0 Å². The van der Waals surface area contributed by atoms with Gasteiger partial charge in [0.25, 0.3) is 15.9 Å². The van der Waals surface area contributed by atoms with Crippen molar-refractivity contribution in [3.63, 3.8) is 0 Å². The molecule has 6 rings (SSSR count). The molecule has 3 aromatic carbocycles. The molecule has 196 valence electrons. The number of fused-ring (bicyclic) bond motifs is 2. The predicted molar refractivity (Wildman–Crippen MR) is 153 cm³/mol. The molecule has 0 saturated carbocycles. The summed E-state index contributed by atoms with van der Waals surface area (Å²) in [5.74, 6) is -0.0762. The van der Waals surface area contributed by atoms with Crippen molar-refractivity contribution < 1.29 is 13.2 Å². The molecular formula is C29H30N4O3S2. The van der Waals surface area contributed by atoms with E-state index in [4.69, 9.17) is 4.98 Å². The summed E-state index contributed by atoms with van der Waals surface area (Å²) in [4.78, 5) is 22.4. The van der Waals surface area contributed by atoms with Crippen LogP contribution in [0.3, 0.4) is 0 Å². The maximum absolute atomic E-state index is 13.4. The Morgan fingerprint density at radius 3 is 2.42 bits per heavy atom. The number of nitrogens with zero attached hydrogens (tertiary/aromatic N) is 4. The Morgan fingerprint density at radius 2 is 1.66 bits per heavy atom. The number of para-hydroxylation sites is 1. The van der Waals surface area contributed by atoms with Gasteiger partial charge >= 0.3 is 0 Å². The van der Waals surface area contributed by atoms with E-state index in [0.717, 1.165) is 34.7 Å². The molecule has 1 saturated heterocycles. The highest BCUT2D eigenvalue weighted by Gasteiger charge is 2.30. The average molecular weight is 547 g/mol. The fraction of sp³-hybridized carbons (Fsp3) is 0.310. The number of hydrogen-bond acceptors (Lipinski definition) is 6. The maximum atomic E-state index is 13.4. The molecule has 9 heteroatoms. The molecule has 0 radical (unpaired) electrons. The minimum absolute atomic E-state index is 0.0762. The van der Waals surface area contributed by atoms with Gasteiger partial charge in [0.1, 0.15) is 0 Å². The molecule has 1 fully saturated rings. The van der Waals surface area contributed by atoms with Gasteiger partial charge in [0.2, 0.25) is 0 Å². The Bertz CT molecular complexity index is 1620. The standard InChI is InChI=1S/C29H30N4O3S2/c1-20-18-21(2)27-26(19-20)37-29(30-27)32-16-14-31(15-17-32)28(34)23-9-11-24(12-10-23)38(35,36)33-13-5-7-22-6-3-4-8-25(22)33/h3-4,6,8-12,18-19H,5,7,13-17H2,1-2H3. The van der Waals surface area contributed by atoms with E-state index in [1.807, 2.05) is 29.2 Å². The molecule has 2 aliphatic rings. The molecule has 4 aromatic rings. The van der Waals surface area contributed by atoms with E-state index in [1.165, 1.54) is 20.1 Å². The third kappa shape index (κ3) is 4.43. The smallest absolute Gasteiger partial charge is 0.264 e. The van der Waals surface area contributed by atoms with Crippen molar-refractivity contribution in [3.8, 4) is 0 Å². The van der Waals surface area contributed by atoms with Gasteiger partial charge in [-0.3, -0.25) is 9.10 Å². The first kappa shape index (κ1) is 24.9. The van der Waals surface area contributed by atoms with Crippen LogP contribution >= 0.6 is 11.3 Å². The number of aromatic nitrogens is 1. The summed E-state index contributed by atoms with van der Waals surface area (Å²) in [6.45, 7) is 7.27. The third-order valence-corrected chi connectivity index (χ3v) is 10.3. The second kappa shape index (κ2) is 9.71. The Hall–Kier alpha value is -3.43. The number of sulfonamides is 1. The number of thiazole rings is 1. The fourth-order valence-corrected chi connectivity index (χ4v) is 8.16. The number of hydrogen-bond donors (Lipinski definition) is 0. The second-order valence-corrected chi connectivity index (χ2v) is 12.9. The van der Waals surface area contributed by atoms with Crippen LogP contribution in [0.4, 0.5) is 10.8 Å². The largest absolute Gasteiger partial charge is 0.345 e. The minimum atomic E-state index is -3.70. The average Bonchev–Trinajstić information content (AvgIpc) is 3.37. The summed E-state index contributed by atoms with van der Waals surface area (Å²) in [6.07, 6.45) is 1.66. The first-order valence-corrected chi connectivity index (χ1v) is 15.2. The van der Waals surface area contributed by atoms with Gasteiger partial charge in [0.15, 0.2) is 5.13 Å². The summed E-state index contributed by atoms with van der Waals surface area (Å²) >= 11 is 1.70. The van der Waals surface area contributed by atoms with Gasteiger partial charge in [0, 0.05) is 38.3 Å². The Balaban J connectivity index is 1.14. The van der Waals surface area contributed by atoms with Crippen LogP contribution in [0.25, 0.3) is 10.2 Å². The first-order chi connectivity index (χ1) is 18.3. The molecule has 38 heavy (non-hydrogen) atoms. The van der Waals surface area contributed by atoms with Crippen LogP contribution < -0.4 is 9.21 Å². The lowest BCUT2D eigenvalue weighted by Gasteiger charge is -2.34. The Kier molecular flexibility index (Phi) is 6.36. The van der Waals surface area contributed by atoms with Crippen molar-refractivity contribution in [1.82, 2.24) is 9.88 Å². The first-order valence-electron chi connectivity index (χ1n) is 12.9. The van der Waals surface area contributed by atoms with Crippen molar-refractivity contribution >= 4 is 48.3 Å². The summed E-state index contributed by atoms with van der Waals surface area (Å²) in [5.41, 5.74) is 5.77. The van der Waals surface area contributed by atoms with Crippen LogP contribution in [-0.2, 0) is 16.4 Å². The van der Waals surface area contributed by atoms with Gasteiger partial charge in [0.05, 0.1) is 20.8 Å². The third-order valence-electron chi connectivity index (χ3n) is 7.41. The van der Waals surface area contributed by atoms with Crippen LogP contribution in [0.2, 0.25) is 0 Å². The summed E-state index contributed by atoms with van der Waals surface area (Å²) in [6, 6.07) is 18.4. The van der Waals surface area contributed by atoms with Crippen LogP contribution in [0.5, 0.6) is 0 Å². The van der Waals surface area contributed by atoms with Crippen LogP contribution in [0, 0.1) is 13.8 Å². The molecule has 0 N–H and O–H groups in total. The Morgan fingerprint density at radius 1 is 0.921 bits per heavy atom. The van der Waals surface area contributed by atoms with Gasteiger partial charge in [-0.25, -0.2) is 13.4 Å². The molecular weight excluding hydrogens is 516 g/mol. The lowest BCUT2D eigenvalue weighted by atomic mass is 10.0. The maximum Gasteiger partial charge on any atom is 0.264 e. The normalized spacial score (nSPS) is 16.1. The van der Waals surface area contributed by atoms with Crippen LogP contribution in [-0.4, -0.2) is 56.9 Å². The van der Waals surface area contributed by atoms with Crippen molar-refractivity contribution in [2.75, 3.05) is 41.9 Å².